The summed E-state index contributed by atoms with van der Waals surface area (Å²) in [6, 6.07) is 9.10. The molecule has 1 fully saturated rings. The van der Waals surface area contributed by atoms with E-state index in [2.05, 4.69) is 15.4 Å². The molecule has 1 atom stereocenters. The Morgan fingerprint density at radius 3 is 2.68 bits per heavy atom. The topological polar surface area (TPSA) is 80.1 Å². The summed E-state index contributed by atoms with van der Waals surface area (Å²) in [7, 11) is 0. The molecule has 1 aromatic carbocycles. The normalized spacial score (nSPS) is 21.2. The van der Waals surface area contributed by atoms with E-state index in [0.717, 1.165) is 0 Å². The van der Waals surface area contributed by atoms with E-state index >= 15 is 0 Å². The Morgan fingerprint density at radius 1 is 1.20 bits per heavy atom. The standard InChI is InChI=1S/C17H18FN5O2/c18-17(6-7-17)16(25)22-8-12(9-23-14(10-22)19-11-20-23)15(24)21-13-4-2-1-3-5-13/h1-5,11-12H,6-10H2,(H,21,24). The van der Waals surface area contributed by atoms with Crippen molar-refractivity contribution in [2.75, 3.05) is 11.9 Å². The van der Waals surface area contributed by atoms with Gasteiger partial charge in [-0.05, 0) is 25.0 Å². The number of aromatic nitrogens is 3. The van der Waals surface area contributed by atoms with E-state index in [1.807, 2.05) is 18.2 Å². The van der Waals surface area contributed by atoms with Gasteiger partial charge in [0.05, 0.1) is 19.0 Å². The van der Waals surface area contributed by atoms with Crippen LogP contribution in [0.1, 0.15) is 18.7 Å². The van der Waals surface area contributed by atoms with E-state index in [1.165, 1.54) is 11.2 Å². The van der Waals surface area contributed by atoms with Crippen molar-refractivity contribution in [2.24, 2.45) is 5.92 Å². The fraction of sp³-hybridized carbons (Fsp3) is 0.412. The number of carbonyl (C=O) groups is 2. The molecular formula is C17H18FN5O2. The number of fused-ring (bicyclic) bond motifs is 1. The van der Waals surface area contributed by atoms with Crippen LogP contribution in [0.2, 0.25) is 0 Å². The predicted octanol–water partition coefficient (Wildman–Crippen LogP) is 1.38. The predicted molar refractivity (Wildman–Crippen MR) is 87.1 cm³/mol. The molecule has 1 unspecified atom stereocenters. The van der Waals surface area contributed by atoms with E-state index in [4.69, 9.17) is 0 Å². The van der Waals surface area contributed by atoms with Crippen molar-refractivity contribution in [2.45, 2.75) is 31.6 Å². The molecule has 0 radical (unpaired) electrons. The molecule has 2 aromatic rings. The van der Waals surface area contributed by atoms with E-state index in [9.17, 15) is 14.0 Å². The first-order valence-corrected chi connectivity index (χ1v) is 8.26. The lowest BCUT2D eigenvalue weighted by atomic mass is 10.1. The van der Waals surface area contributed by atoms with Crippen molar-refractivity contribution in [3.63, 3.8) is 0 Å². The number of benzene rings is 1. The third-order valence-electron chi connectivity index (χ3n) is 4.63. The molecule has 2 aliphatic rings. The zero-order chi connectivity index (χ0) is 17.4. The number of nitrogens with zero attached hydrogens (tertiary/aromatic N) is 4. The van der Waals surface area contributed by atoms with Crippen molar-refractivity contribution in [3.05, 3.63) is 42.5 Å². The maximum Gasteiger partial charge on any atom is 0.260 e. The van der Waals surface area contributed by atoms with Crippen LogP contribution in [0.15, 0.2) is 36.7 Å². The molecule has 25 heavy (non-hydrogen) atoms. The monoisotopic (exact) mass is 343 g/mol. The van der Waals surface area contributed by atoms with Gasteiger partial charge in [0.15, 0.2) is 5.67 Å². The van der Waals surface area contributed by atoms with E-state index in [0.29, 0.717) is 18.1 Å². The SMILES string of the molecule is O=C(Nc1ccccc1)C1CN(C(=O)C2(F)CC2)Cc2ncnn2C1. The molecule has 0 saturated heterocycles. The number of carbonyl (C=O) groups excluding carboxylic acids is 2. The van der Waals surface area contributed by atoms with Gasteiger partial charge in [-0.2, -0.15) is 5.10 Å². The number of halogens is 1. The number of rotatable bonds is 3. The number of hydrogen-bond donors (Lipinski definition) is 1. The first-order valence-electron chi connectivity index (χ1n) is 8.26. The third kappa shape index (κ3) is 3.11. The van der Waals surface area contributed by atoms with Crippen LogP contribution in [-0.4, -0.2) is 43.7 Å². The van der Waals surface area contributed by atoms with Gasteiger partial charge in [-0.3, -0.25) is 9.59 Å². The molecule has 0 bridgehead atoms. The maximum absolute atomic E-state index is 14.3. The Labute approximate surface area is 143 Å². The summed E-state index contributed by atoms with van der Waals surface area (Å²) in [5.41, 5.74) is -1.09. The molecule has 7 nitrogen and oxygen atoms in total. The number of amides is 2. The minimum absolute atomic E-state index is 0.147. The smallest absolute Gasteiger partial charge is 0.260 e. The second-order valence-corrected chi connectivity index (χ2v) is 6.56. The average molecular weight is 343 g/mol. The molecule has 1 aromatic heterocycles. The zero-order valence-corrected chi connectivity index (χ0v) is 13.6. The Morgan fingerprint density at radius 2 is 1.96 bits per heavy atom. The molecule has 8 heteroatoms. The largest absolute Gasteiger partial charge is 0.332 e. The van der Waals surface area contributed by atoms with Crippen LogP contribution >= 0.6 is 0 Å². The van der Waals surface area contributed by atoms with E-state index in [-0.39, 0.29) is 31.8 Å². The first-order chi connectivity index (χ1) is 12.0. The van der Waals surface area contributed by atoms with Gasteiger partial charge in [-0.1, -0.05) is 18.2 Å². The van der Waals surface area contributed by atoms with Gasteiger partial charge in [0.25, 0.3) is 5.91 Å². The minimum Gasteiger partial charge on any atom is -0.332 e. The van der Waals surface area contributed by atoms with Crippen LogP contribution in [0.3, 0.4) is 0 Å². The fourth-order valence-electron chi connectivity index (χ4n) is 3.02. The highest BCUT2D eigenvalue weighted by Crippen LogP contribution is 2.42. The molecule has 130 valence electrons. The Kier molecular flexibility index (Phi) is 3.74. The van der Waals surface area contributed by atoms with Crippen molar-refractivity contribution < 1.29 is 14.0 Å². The number of hydrogen-bond acceptors (Lipinski definition) is 4. The van der Waals surface area contributed by atoms with Crippen LogP contribution in [0.25, 0.3) is 0 Å². The van der Waals surface area contributed by atoms with Gasteiger partial charge in [0.2, 0.25) is 5.91 Å². The van der Waals surface area contributed by atoms with Crippen molar-refractivity contribution in [3.8, 4) is 0 Å². The molecule has 0 spiro atoms. The van der Waals surface area contributed by atoms with Crippen LogP contribution in [-0.2, 0) is 22.7 Å². The minimum atomic E-state index is -1.77. The summed E-state index contributed by atoms with van der Waals surface area (Å²) >= 11 is 0. The number of para-hydroxylation sites is 1. The highest BCUT2D eigenvalue weighted by atomic mass is 19.1. The summed E-state index contributed by atoms with van der Waals surface area (Å²) in [4.78, 5) is 30.7. The Bertz CT molecular complexity index is 802. The van der Waals surface area contributed by atoms with Gasteiger partial charge in [0, 0.05) is 12.2 Å². The zero-order valence-electron chi connectivity index (χ0n) is 13.6. The Balaban J connectivity index is 1.56. The molecule has 1 aliphatic carbocycles. The molecule has 1 aliphatic heterocycles. The number of nitrogens with one attached hydrogen (secondary N) is 1. The summed E-state index contributed by atoms with van der Waals surface area (Å²) in [6.07, 6.45) is 1.88. The fourth-order valence-corrected chi connectivity index (χ4v) is 3.02. The average Bonchev–Trinajstić information content (AvgIpc) is 3.28. The van der Waals surface area contributed by atoms with Gasteiger partial charge >= 0.3 is 0 Å². The lowest BCUT2D eigenvalue weighted by molar-refractivity contribution is -0.140. The summed E-state index contributed by atoms with van der Waals surface area (Å²) in [6.45, 7) is 0.616. The van der Waals surface area contributed by atoms with Crippen LogP contribution in [0.5, 0.6) is 0 Å². The van der Waals surface area contributed by atoms with Crippen LogP contribution in [0, 0.1) is 5.92 Å². The quantitative estimate of drug-likeness (QED) is 0.913. The summed E-state index contributed by atoms with van der Waals surface area (Å²) in [5, 5.41) is 6.97. The number of anilines is 1. The number of alkyl halides is 1. The van der Waals surface area contributed by atoms with E-state index < -0.39 is 17.5 Å². The molecule has 2 heterocycles. The third-order valence-corrected chi connectivity index (χ3v) is 4.63. The van der Waals surface area contributed by atoms with Gasteiger partial charge < -0.3 is 10.2 Å². The summed E-state index contributed by atoms with van der Waals surface area (Å²) in [5.74, 6) is -0.750. The second-order valence-electron chi connectivity index (χ2n) is 6.56. The Hall–Kier alpha value is -2.77. The lowest BCUT2D eigenvalue weighted by Crippen LogP contribution is -2.42. The maximum atomic E-state index is 14.3. The van der Waals surface area contributed by atoms with Gasteiger partial charge in [-0.15, -0.1) is 0 Å². The summed E-state index contributed by atoms with van der Waals surface area (Å²) < 4.78 is 15.9. The van der Waals surface area contributed by atoms with Crippen molar-refractivity contribution in [1.82, 2.24) is 19.7 Å². The van der Waals surface area contributed by atoms with E-state index in [1.54, 1.807) is 16.8 Å². The molecule has 1 saturated carbocycles. The molecule has 1 N–H and O–H groups in total. The van der Waals surface area contributed by atoms with Crippen molar-refractivity contribution >= 4 is 17.5 Å². The highest BCUT2D eigenvalue weighted by Gasteiger charge is 2.53. The lowest BCUT2D eigenvalue weighted by Gasteiger charge is -2.24. The van der Waals surface area contributed by atoms with Gasteiger partial charge in [0.1, 0.15) is 12.2 Å². The molecular weight excluding hydrogens is 325 g/mol. The molecule has 2 amide bonds. The molecule has 4 rings (SSSR count). The second kappa shape index (κ2) is 5.94. The van der Waals surface area contributed by atoms with Crippen LogP contribution in [0.4, 0.5) is 10.1 Å². The highest BCUT2D eigenvalue weighted by molar-refractivity contribution is 5.93. The first kappa shape index (κ1) is 15.7. The van der Waals surface area contributed by atoms with Crippen molar-refractivity contribution in [1.29, 1.82) is 0 Å². The van der Waals surface area contributed by atoms with Crippen LogP contribution < -0.4 is 5.32 Å². The van der Waals surface area contributed by atoms with Gasteiger partial charge in [-0.25, -0.2) is 14.1 Å².